The first kappa shape index (κ1) is 16.2. The van der Waals surface area contributed by atoms with Crippen LogP contribution in [0.15, 0.2) is 63.9 Å². The number of carbonyl (C=O) groups excluding carboxylic acids is 1. The van der Waals surface area contributed by atoms with Crippen LogP contribution in [0.4, 0.5) is 5.69 Å². The van der Waals surface area contributed by atoms with Crippen LogP contribution in [0.25, 0.3) is 0 Å². The second-order valence-electron chi connectivity index (χ2n) is 5.11. The normalized spacial score (nSPS) is 14.6. The fraction of sp³-hybridized carbons (Fsp3) is 0.176. The van der Waals surface area contributed by atoms with Gasteiger partial charge in [0.25, 0.3) is 10.0 Å². The molecule has 0 unspecified atom stereocenters. The van der Waals surface area contributed by atoms with Crippen LogP contribution in [-0.4, -0.2) is 33.4 Å². The third-order valence-corrected chi connectivity index (χ3v) is 4.85. The summed E-state index contributed by atoms with van der Waals surface area (Å²) in [5.41, 5.74) is 1.14. The third kappa shape index (κ3) is 3.03. The van der Waals surface area contributed by atoms with Crippen molar-refractivity contribution in [2.24, 2.45) is 4.40 Å². The number of anilines is 1. The molecule has 24 heavy (non-hydrogen) atoms. The average Bonchev–Trinajstić information content (AvgIpc) is 2.85. The van der Waals surface area contributed by atoms with Gasteiger partial charge in [-0.2, -0.15) is 8.42 Å². The summed E-state index contributed by atoms with van der Waals surface area (Å²) in [7, 11) is -3.76. The van der Waals surface area contributed by atoms with Crippen LogP contribution < -0.4 is 4.90 Å². The van der Waals surface area contributed by atoms with Gasteiger partial charge in [0, 0.05) is 11.3 Å². The summed E-state index contributed by atoms with van der Waals surface area (Å²) in [5, 5.41) is 0. The molecule has 0 aliphatic carbocycles. The number of ether oxygens (including phenoxy) is 1. The number of benzene rings is 2. The van der Waals surface area contributed by atoms with Gasteiger partial charge in [-0.1, -0.05) is 30.3 Å². The number of nitrogens with zero attached hydrogens (tertiary/aromatic N) is 2. The zero-order valence-corrected chi connectivity index (χ0v) is 13.9. The van der Waals surface area contributed by atoms with Crippen molar-refractivity contribution in [3.05, 3.63) is 60.2 Å². The smallest absolute Gasteiger partial charge is 0.326 e. The van der Waals surface area contributed by atoms with Gasteiger partial charge in [0.1, 0.15) is 11.4 Å². The molecule has 2 aromatic rings. The Hall–Kier alpha value is -2.67. The number of para-hydroxylation sites is 1. The molecule has 1 heterocycles. The Balaban J connectivity index is 2.08. The molecular weight excluding hydrogens is 328 g/mol. The highest BCUT2D eigenvalue weighted by Crippen LogP contribution is 2.29. The van der Waals surface area contributed by atoms with Gasteiger partial charge in [-0.25, -0.2) is 0 Å². The molecule has 1 aliphatic heterocycles. The van der Waals surface area contributed by atoms with Crippen LogP contribution >= 0.6 is 0 Å². The van der Waals surface area contributed by atoms with Crippen LogP contribution in [0.3, 0.4) is 0 Å². The molecular formula is C17H16N2O4S. The molecule has 3 rings (SSSR count). The summed E-state index contributed by atoms with van der Waals surface area (Å²) in [4.78, 5) is 13.7. The fourth-order valence-electron chi connectivity index (χ4n) is 2.52. The van der Waals surface area contributed by atoms with E-state index < -0.39 is 16.0 Å². The van der Waals surface area contributed by atoms with Crippen molar-refractivity contribution in [3.8, 4) is 0 Å². The van der Waals surface area contributed by atoms with E-state index in [9.17, 15) is 13.2 Å². The minimum absolute atomic E-state index is 0.124. The van der Waals surface area contributed by atoms with E-state index in [4.69, 9.17) is 4.74 Å². The Kier molecular flexibility index (Phi) is 4.35. The minimum Gasteiger partial charge on any atom is -0.465 e. The summed E-state index contributed by atoms with van der Waals surface area (Å²) >= 11 is 0. The molecule has 0 fully saturated rings. The predicted molar refractivity (Wildman–Crippen MR) is 90.6 cm³/mol. The summed E-state index contributed by atoms with van der Waals surface area (Å²) in [6.45, 7) is 1.85. The molecule has 0 spiro atoms. The number of fused-ring (bicyclic) bond motifs is 1. The summed E-state index contributed by atoms with van der Waals surface area (Å²) in [6.07, 6.45) is 0. The van der Waals surface area contributed by atoms with Crippen molar-refractivity contribution in [1.29, 1.82) is 0 Å². The van der Waals surface area contributed by atoms with Crippen LogP contribution in [0.5, 0.6) is 0 Å². The molecule has 0 aromatic heterocycles. The Morgan fingerprint density at radius 1 is 1.08 bits per heavy atom. The van der Waals surface area contributed by atoms with Crippen LogP contribution in [0.1, 0.15) is 12.5 Å². The number of sulfonamides is 1. The number of rotatable bonds is 4. The largest absolute Gasteiger partial charge is 0.465 e. The second-order valence-corrected chi connectivity index (χ2v) is 6.69. The maximum atomic E-state index is 12.3. The number of amidine groups is 1. The lowest BCUT2D eigenvalue weighted by molar-refractivity contribution is -0.141. The quantitative estimate of drug-likeness (QED) is 0.795. The summed E-state index contributed by atoms with van der Waals surface area (Å²) < 4.78 is 33.5. The van der Waals surface area contributed by atoms with Crippen LogP contribution in [-0.2, 0) is 19.6 Å². The molecule has 0 saturated heterocycles. The maximum Gasteiger partial charge on any atom is 0.326 e. The molecule has 0 N–H and O–H groups in total. The number of hydrogen-bond donors (Lipinski definition) is 0. The minimum atomic E-state index is -3.76. The highest BCUT2D eigenvalue weighted by molar-refractivity contribution is 7.90. The standard InChI is InChI=1S/C17H16N2O4S/c1-2-23-16(20)12-19(13-8-4-3-5-9-13)17-14-10-6-7-11-15(14)24(21,22)18-17/h3-11H,2,12H2,1H3. The van der Waals surface area contributed by atoms with Crippen molar-refractivity contribution in [3.63, 3.8) is 0 Å². The number of carbonyl (C=O) groups is 1. The predicted octanol–water partition coefficient (Wildman–Crippen LogP) is 2.21. The highest BCUT2D eigenvalue weighted by Gasteiger charge is 2.33. The Morgan fingerprint density at radius 3 is 2.46 bits per heavy atom. The molecule has 1 aliphatic rings. The maximum absolute atomic E-state index is 12.3. The van der Waals surface area contributed by atoms with Gasteiger partial charge in [-0.05, 0) is 31.2 Å². The number of esters is 1. The molecule has 6 nitrogen and oxygen atoms in total. The topological polar surface area (TPSA) is 76.0 Å². The van der Waals surface area contributed by atoms with Gasteiger partial charge < -0.3 is 9.64 Å². The van der Waals surface area contributed by atoms with E-state index in [1.54, 1.807) is 42.2 Å². The molecule has 0 bridgehead atoms. The lowest BCUT2D eigenvalue weighted by Crippen LogP contribution is -2.36. The first-order valence-corrected chi connectivity index (χ1v) is 8.89. The molecule has 0 atom stereocenters. The van der Waals surface area contributed by atoms with Gasteiger partial charge in [0.15, 0.2) is 5.84 Å². The van der Waals surface area contributed by atoms with Crippen molar-refractivity contribution < 1.29 is 17.9 Å². The molecule has 2 aromatic carbocycles. The molecule has 7 heteroatoms. The van der Waals surface area contributed by atoms with Gasteiger partial charge >= 0.3 is 5.97 Å². The zero-order chi connectivity index (χ0) is 17.2. The highest BCUT2D eigenvalue weighted by atomic mass is 32.2. The first-order valence-electron chi connectivity index (χ1n) is 7.45. The summed E-state index contributed by atoms with van der Waals surface area (Å²) in [6, 6.07) is 15.6. The van der Waals surface area contributed by atoms with E-state index >= 15 is 0 Å². The monoisotopic (exact) mass is 344 g/mol. The fourth-order valence-corrected chi connectivity index (χ4v) is 3.73. The number of hydrogen-bond acceptors (Lipinski definition) is 5. The van der Waals surface area contributed by atoms with Crippen molar-refractivity contribution >= 4 is 27.5 Å². The van der Waals surface area contributed by atoms with Crippen molar-refractivity contribution in [2.75, 3.05) is 18.1 Å². The van der Waals surface area contributed by atoms with Crippen LogP contribution in [0, 0.1) is 0 Å². The lowest BCUT2D eigenvalue weighted by Gasteiger charge is -2.23. The van der Waals surface area contributed by atoms with E-state index in [0.717, 1.165) is 0 Å². The van der Waals surface area contributed by atoms with E-state index in [1.807, 2.05) is 18.2 Å². The molecule has 0 saturated carbocycles. The third-order valence-electron chi connectivity index (χ3n) is 3.53. The van der Waals surface area contributed by atoms with Crippen LogP contribution in [0.2, 0.25) is 0 Å². The Bertz CT molecular complexity index is 892. The van der Waals surface area contributed by atoms with Gasteiger partial charge in [0.2, 0.25) is 0 Å². The van der Waals surface area contributed by atoms with E-state index in [1.165, 1.54) is 6.07 Å². The second kappa shape index (κ2) is 6.45. The van der Waals surface area contributed by atoms with Gasteiger partial charge in [-0.3, -0.25) is 4.79 Å². The van der Waals surface area contributed by atoms with E-state index in [0.29, 0.717) is 11.3 Å². The Morgan fingerprint density at radius 2 is 1.75 bits per heavy atom. The SMILES string of the molecule is CCOC(=O)CN(C1=NS(=O)(=O)c2ccccc21)c1ccccc1. The van der Waals surface area contributed by atoms with Gasteiger partial charge in [0.05, 0.1) is 6.61 Å². The summed E-state index contributed by atoms with van der Waals surface area (Å²) in [5.74, 6) is -0.226. The van der Waals surface area contributed by atoms with E-state index in [-0.39, 0.29) is 23.9 Å². The molecule has 0 radical (unpaired) electrons. The zero-order valence-electron chi connectivity index (χ0n) is 13.0. The van der Waals surface area contributed by atoms with E-state index in [2.05, 4.69) is 4.40 Å². The van der Waals surface area contributed by atoms with Crippen molar-refractivity contribution in [2.45, 2.75) is 11.8 Å². The van der Waals surface area contributed by atoms with Gasteiger partial charge in [-0.15, -0.1) is 4.40 Å². The lowest BCUT2D eigenvalue weighted by atomic mass is 10.1. The average molecular weight is 344 g/mol. The Labute approximate surface area is 140 Å². The molecule has 124 valence electrons. The molecule has 0 amide bonds. The van der Waals surface area contributed by atoms with Crippen molar-refractivity contribution in [1.82, 2.24) is 0 Å². The first-order chi connectivity index (χ1) is 11.5.